The molecule has 2 rings (SSSR count). The van der Waals surface area contributed by atoms with Crippen molar-refractivity contribution in [3.8, 4) is 5.75 Å². The molecule has 8 nitrogen and oxygen atoms in total. The van der Waals surface area contributed by atoms with Crippen LogP contribution in [0.1, 0.15) is 24.2 Å². The highest BCUT2D eigenvalue weighted by Crippen LogP contribution is 2.30. The zero-order valence-electron chi connectivity index (χ0n) is 13.8. The smallest absolute Gasteiger partial charge is 0.326 e. The molecule has 130 valence electrons. The zero-order chi connectivity index (χ0) is 17.9. The molecule has 24 heavy (non-hydrogen) atoms. The van der Waals surface area contributed by atoms with Gasteiger partial charge >= 0.3 is 12.0 Å². The molecule has 1 aliphatic rings. The molecule has 0 aromatic heterocycles. The Hall–Kier alpha value is -2.77. The Kier molecular flexibility index (Phi) is 5.28. The highest BCUT2D eigenvalue weighted by atomic mass is 16.5. The van der Waals surface area contributed by atoms with Crippen molar-refractivity contribution in [2.75, 3.05) is 25.1 Å². The summed E-state index contributed by atoms with van der Waals surface area (Å²) in [6, 6.07) is 3.39. The Morgan fingerprint density at radius 3 is 2.58 bits per heavy atom. The van der Waals surface area contributed by atoms with Gasteiger partial charge in [0.15, 0.2) is 0 Å². The summed E-state index contributed by atoms with van der Waals surface area (Å²) >= 11 is 0. The van der Waals surface area contributed by atoms with E-state index < -0.39 is 17.9 Å². The Balaban J connectivity index is 2.29. The average molecular weight is 335 g/mol. The van der Waals surface area contributed by atoms with Gasteiger partial charge in [-0.05, 0) is 24.1 Å². The largest absolute Gasteiger partial charge is 0.495 e. The Labute approximate surface area is 139 Å². The van der Waals surface area contributed by atoms with Crippen LogP contribution in [0, 0.1) is 5.92 Å². The fraction of sp³-hybridized carbons (Fsp3) is 0.438. The van der Waals surface area contributed by atoms with Crippen molar-refractivity contribution < 1.29 is 24.2 Å². The highest BCUT2D eigenvalue weighted by Gasteiger charge is 2.27. The summed E-state index contributed by atoms with van der Waals surface area (Å²) in [5.74, 6) is -1.40. The number of rotatable bonds is 6. The van der Waals surface area contributed by atoms with Crippen LogP contribution in [-0.4, -0.2) is 49.3 Å². The van der Waals surface area contributed by atoms with Gasteiger partial charge in [0.2, 0.25) is 0 Å². The van der Waals surface area contributed by atoms with E-state index in [-0.39, 0.29) is 17.5 Å². The predicted octanol–water partition coefficient (Wildman–Crippen LogP) is 1.06. The molecular weight excluding hydrogens is 314 g/mol. The van der Waals surface area contributed by atoms with E-state index in [2.05, 4.69) is 10.6 Å². The van der Waals surface area contributed by atoms with Gasteiger partial charge in [-0.1, -0.05) is 13.8 Å². The zero-order valence-corrected chi connectivity index (χ0v) is 13.8. The molecule has 0 aliphatic carbocycles. The van der Waals surface area contributed by atoms with Crippen molar-refractivity contribution in [2.45, 2.75) is 19.9 Å². The van der Waals surface area contributed by atoms with E-state index in [1.165, 1.54) is 24.1 Å². The van der Waals surface area contributed by atoms with Crippen molar-refractivity contribution in [3.05, 3.63) is 23.8 Å². The summed E-state index contributed by atoms with van der Waals surface area (Å²) in [4.78, 5) is 36.9. The van der Waals surface area contributed by atoms with Gasteiger partial charge < -0.3 is 20.5 Å². The molecule has 0 spiro atoms. The van der Waals surface area contributed by atoms with Crippen LogP contribution < -0.4 is 20.3 Å². The lowest BCUT2D eigenvalue weighted by atomic mass is 10.0. The number of urea groups is 1. The summed E-state index contributed by atoms with van der Waals surface area (Å²) < 4.78 is 5.25. The van der Waals surface area contributed by atoms with Crippen molar-refractivity contribution in [1.82, 2.24) is 10.6 Å². The molecule has 0 unspecified atom stereocenters. The van der Waals surface area contributed by atoms with Gasteiger partial charge in [0.25, 0.3) is 5.91 Å². The summed E-state index contributed by atoms with van der Waals surface area (Å²) in [6.07, 6.45) is 0. The average Bonchev–Trinajstić information content (AvgIpc) is 2.96. The van der Waals surface area contributed by atoms with Crippen molar-refractivity contribution >= 4 is 23.6 Å². The monoisotopic (exact) mass is 335 g/mol. The third kappa shape index (κ3) is 3.58. The molecule has 0 radical (unpaired) electrons. The molecular formula is C16H21N3O5. The van der Waals surface area contributed by atoms with Gasteiger partial charge in [-0.15, -0.1) is 0 Å². The fourth-order valence-electron chi connectivity index (χ4n) is 2.48. The Bertz CT molecular complexity index is 659. The summed E-state index contributed by atoms with van der Waals surface area (Å²) in [7, 11) is 1.48. The molecule has 1 aromatic rings. The van der Waals surface area contributed by atoms with E-state index in [1.54, 1.807) is 19.9 Å². The van der Waals surface area contributed by atoms with E-state index in [1.807, 2.05) is 0 Å². The normalized spacial score (nSPS) is 15.2. The van der Waals surface area contributed by atoms with Crippen LogP contribution in [-0.2, 0) is 4.79 Å². The number of carboxylic acids is 1. The molecule has 1 saturated heterocycles. The molecule has 1 aromatic carbocycles. The van der Waals surface area contributed by atoms with E-state index >= 15 is 0 Å². The summed E-state index contributed by atoms with van der Waals surface area (Å²) in [5, 5.41) is 14.4. The first-order valence-electron chi connectivity index (χ1n) is 7.62. The maximum atomic E-state index is 12.4. The van der Waals surface area contributed by atoms with E-state index in [0.717, 1.165) is 0 Å². The van der Waals surface area contributed by atoms with Gasteiger partial charge in [0, 0.05) is 18.7 Å². The number of aliphatic carboxylic acids is 1. The number of hydrogen-bond acceptors (Lipinski definition) is 4. The van der Waals surface area contributed by atoms with Crippen LogP contribution >= 0.6 is 0 Å². The minimum Gasteiger partial charge on any atom is -0.495 e. The van der Waals surface area contributed by atoms with E-state index in [9.17, 15) is 19.5 Å². The number of benzene rings is 1. The van der Waals surface area contributed by atoms with E-state index in [0.29, 0.717) is 24.5 Å². The highest BCUT2D eigenvalue weighted by molar-refractivity contribution is 6.00. The standard InChI is InChI=1S/C16H21N3O5/c1-9(2)13(15(21)22)18-14(20)10-4-5-12(24-3)11(8-10)19-7-6-17-16(19)23/h4-5,8-9,13H,6-7H2,1-3H3,(H,17,23)(H,18,20)(H,21,22)/t13-/m0/s1. The molecule has 1 heterocycles. The first-order chi connectivity index (χ1) is 11.3. The second-order valence-electron chi connectivity index (χ2n) is 5.80. The van der Waals surface area contributed by atoms with Gasteiger partial charge in [-0.25, -0.2) is 9.59 Å². The Morgan fingerprint density at radius 2 is 2.08 bits per heavy atom. The third-order valence-electron chi connectivity index (χ3n) is 3.81. The lowest BCUT2D eigenvalue weighted by Crippen LogP contribution is -2.44. The van der Waals surface area contributed by atoms with Crippen LogP contribution in [0.5, 0.6) is 5.75 Å². The molecule has 3 amide bonds. The SMILES string of the molecule is COc1ccc(C(=O)N[C@H](C(=O)O)C(C)C)cc1N1CCNC1=O. The minimum absolute atomic E-state index is 0.256. The molecule has 0 saturated carbocycles. The number of nitrogens with zero attached hydrogens (tertiary/aromatic N) is 1. The molecule has 1 aliphatic heterocycles. The summed E-state index contributed by atoms with van der Waals surface area (Å²) in [5.41, 5.74) is 0.731. The maximum absolute atomic E-state index is 12.4. The van der Waals surface area contributed by atoms with Crippen molar-refractivity contribution in [1.29, 1.82) is 0 Å². The number of carboxylic acid groups (broad SMARTS) is 1. The van der Waals surface area contributed by atoms with Gasteiger partial charge in [0.1, 0.15) is 11.8 Å². The van der Waals surface area contributed by atoms with Gasteiger partial charge in [-0.3, -0.25) is 9.69 Å². The van der Waals surface area contributed by atoms with Crippen LogP contribution in [0.3, 0.4) is 0 Å². The number of amides is 3. The number of anilines is 1. The first-order valence-corrected chi connectivity index (χ1v) is 7.62. The van der Waals surface area contributed by atoms with E-state index in [4.69, 9.17) is 4.74 Å². The molecule has 1 fully saturated rings. The van der Waals surface area contributed by atoms with Crippen LogP contribution in [0.25, 0.3) is 0 Å². The number of ether oxygens (including phenoxy) is 1. The van der Waals surface area contributed by atoms with Gasteiger partial charge in [0.05, 0.1) is 12.8 Å². The Morgan fingerprint density at radius 1 is 1.38 bits per heavy atom. The number of hydrogen-bond donors (Lipinski definition) is 3. The first kappa shape index (κ1) is 17.6. The lowest BCUT2D eigenvalue weighted by Gasteiger charge is -2.20. The molecule has 1 atom stereocenters. The molecule has 0 bridgehead atoms. The lowest BCUT2D eigenvalue weighted by molar-refractivity contribution is -0.140. The second-order valence-corrected chi connectivity index (χ2v) is 5.80. The molecule has 8 heteroatoms. The maximum Gasteiger partial charge on any atom is 0.326 e. The van der Waals surface area contributed by atoms with Crippen LogP contribution in [0.4, 0.5) is 10.5 Å². The molecule has 3 N–H and O–H groups in total. The topological polar surface area (TPSA) is 108 Å². The second kappa shape index (κ2) is 7.20. The van der Waals surface area contributed by atoms with Crippen LogP contribution in [0.2, 0.25) is 0 Å². The van der Waals surface area contributed by atoms with Crippen molar-refractivity contribution in [3.63, 3.8) is 0 Å². The fourth-order valence-corrected chi connectivity index (χ4v) is 2.48. The number of carbonyl (C=O) groups excluding carboxylic acids is 2. The number of carbonyl (C=O) groups is 3. The van der Waals surface area contributed by atoms with Crippen LogP contribution in [0.15, 0.2) is 18.2 Å². The minimum atomic E-state index is -1.09. The van der Waals surface area contributed by atoms with Crippen molar-refractivity contribution in [2.24, 2.45) is 5.92 Å². The quantitative estimate of drug-likeness (QED) is 0.720. The number of methoxy groups -OCH3 is 1. The number of nitrogens with one attached hydrogen (secondary N) is 2. The van der Waals surface area contributed by atoms with Gasteiger partial charge in [-0.2, -0.15) is 0 Å². The summed E-state index contributed by atoms with van der Waals surface area (Å²) in [6.45, 7) is 4.40. The predicted molar refractivity (Wildman–Crippen MR) is 87.5 cm³/mol. The third-order valence-corrected chi connectivity index (χ3v) is 3.81.